The zero-order chi connectivity index (χ0) is 14.6. The second-order valence-corrected chi connectivity index (χ2v) is 7.58. The summed E-state index contributed by atoms with van der Waals surface area (Å²) >= 11 is 0. The first-order valence-electron chi connectivity index (χ1n) is 8.60. The van der Waals surface area contributed by atoms with Crippen LogP contribution in [0.15, 0.2) is 0 Å². The van der Waals surface area contributed by atoms with Gasteiger partial charge in [0.1, 0.15) is 0 Å². The molecular weight excluding hydrogens is 248 g/mol. The number of nitrogens with zero attached hydrogens (tertiary/aromatic N) is 1. The van der Waals surface area contributed by atoms with Gasteiger partial charge in [-0.05, 0) is 57.9 Å². The predicted octanol–water partition coefficient (Wildman–Crippen LogP) is 2.90. The van der Waals surface area contributed by atoms with E-state index >= 15 is 0 Å². The molecule has 0 spiro atoms. The molecule has 1 heterocycles. The zero-order valence-corrected chi connectivity index (χ0v) is 14.0. The summed E-state index contributed by atoms with van der Waals surface area (Å²) in [7, 11) is 0. The van der Waals surface area contributed by atoms with Gasteiger partial charge in [0.25, 0.3) is 0 Å². The van der Waals surface area contributed by atoms with E-state index < -0.39 is 0 Å². The predicted molar refractivity (Wildman–Crippen MR) is 85.1 cm³/mol. The summed E-state index contributed by atoms with van der Waals surface area (Å²) in [5, 5.41) is 3.79. The molecule has 3 atom stereocenters. The molecule has 1 saturated heterocycles. The molecule has 1 saturated carbocycles. The minimum Gasteiger partial charge on any atom is -0.373 e. The smallest absolute Gasteiger partial charge is 0.0753 e. The van der Waals surface area contributed by atoms with Crippen LogP contribution >= 0.6 is 0 Å². The summed E-state index contributed by atoms with van der Waals surface area (Å²) in [5.41, 5.74) is 0.0326. The highest BCUT2D eigenvalue weighted by Crippen LogP contribution is 2.30. The zero-order valence-electron chi connectivity index (χ0n) is 14.0. The number of nitrogens with one attached hydrogen (secondary N) is 1. The lowest BCUT2D eigenvalue weighted by atomic mass is 9.78. The van der Waals surface area contributed by atoms with Gasteiger partial charge in [0.15, 0.2) is 0 Å². The van der Waals surface area contributed by atoms with Crippen molar-refractivity contribution in [3.63, 3.8) is 0 Å². The largest absolute Gasteiger partial charge is 0.373 e. The average Bonchev–Trinajstić information content (AvgIpc) is 2.37. The quantitative estimate of drug-likeness (QED) is 0.839. The summed E-state index contributed by atoms with van der Waals surface area (Å²) < 4.78 is 5.84. The van der Waals surface area contributed by atoms with Gasteiger partial charge in [-0.2, -0.15) is 0 Å². The molecule has 0 aromatic rings. The first-order valence-corrected chi connectivity index (χ1v) is 8.60. The molecule has 1 aliphatic carbocycles. The Kier molecular flexibility index (Phi) is 5.88. The molecule has 2 aliphatic rings. The Labute approximate surface area is 125 Å². The molecule has 20 heavy (non-hydrogen) atoms. The Balaban J connectivity index is 1.89. The molecule has 118 valence electrons. The Morgan fingerprint density at radius 1 is 1.30 bits per heavy atom. The van der Waals surface area contributed by atoms with Crippen LogP contribution in [0.4, 0.5) is 0 Å². The van der Waals surface area contributed by atoms with Crippen molar-refractivity contribution in [3.05, 3.63) is 0 Å². The Bertz CT molecular complexity index is 291. The SMILES string of the molecule is CCCNC1CCC(C)CC1CN1CCOC(C)(C)C1. The Morgan fingerprint density at radius 2 is 2.10 bits per heavy atom. The van der Waals surface area contributed by atoms with Crippen molar-refractivity contribution in [3.8, 4) is 0 Å². The van der Waals surface area contributed by atoms with E-state index in [2.05, 4.69) is 37.9 Å². The van der Waals surface area contributed by atoms with Gasteiger partial charge < -0.3 is 10.1 Å². The topological polar surface area (TPSA) is 24.5 Å². The summed E-state index contributed by atoms with van der Waals surface area (Å²) in [6.45, 7) is 14.6. The third-order valence-corrected chi connectivity index (χ3v) is 4.90. The van der Waals surface area contributed by atoms with Gasteiger partial charge in [0.2, 0.25) is 0 Å². The molecule has 1 aliphatic heterocycles. The van der Waals surface area contributed by atoms with E-state index in [1.165, 1.54) is 38.8 Å². The number of morpholine rings is 1. The van der Waals surface area contributed by atoms with Crippen LogP contribution < -0.4 is 5.32 Å². The first kappa shape index (κ1) is 16.3. The van der Waals surface area contributed by atoms with Crippen molar-refractivity contribution in [1.29, 1.82) is 0 Å². The highest BCUT2D eigenvalue weighted by Gasteiger charge is 2.33. The fourth-order valence-corrected chi connectivity index (χ4v) is 3.90. The third-order valence-electron chi connectivity index (χ3n) is 4.90. The van der Waals surface area contributed by atoms with Crippen molar-refractivity contribution in [1.82, 2.24) is 10.2 Å². The maximum atomic E-state index is 5.84. The van der Waals surface area contributed by atoms with E-state index in [4.69, 9.17) is 4.74 Å². The van der Waals surface area contributed by atoms with Gasteiger partial charge in [-0.3, -0.25) is 4.90 Å². The van der Waals surface area contributed by atoms with Gasteiger partial charge >= 0.3 is 0 Å². The molecule has 3 nitrogen and oxygen atoms in total. The van der Waals surface area contributed by atoms with Crippen LogP contribution in [-0.4, -0.2) is 49.3 Å². The fourth-order valence-electron chi connectivity index (χ4n) is 3.90. The second-order valence-electron chi connectivity index (χ2n) is 7.58. The second kappa shape index (κ2) is 7.24. The summed E-state index contributed by atoms with van der Waals surface area (Å²) in [5.74, 6) is 1.72. The molecular formula is C17H34N2O. The van der Waals surface area contributed by atoms with Crippen molar-refractivity contribution in [2.75, 3.05) is 32.8 Å². The molecule has 0 aromatic carbocycles. The van der Waals surface area contributed by atoms with Gasteiger partial charge in [-0.15, -0.1) is 0 Å². The van der Waals surface area contributed by atoms with Crippen LogP contribution in [0.5, 0.6) is 0 Å². The fraction of sp³-hybridized carbons (Fsp3) is 1.00. The van der Waals surface area contributed by atoms with Crippen LogP contribution in [0, 0.1) is 11.8 Å². The molecule has 0 bridgehead atoms. The summed E-state index contributed by atoms with van der Waals surface area (Å²) in [4.78, 5) is 2.63. The highest BCUT2D eigenvalue weighted by atomic mass is 16.5. The van der Waals surface area contributed by atoms with Gasteiger partial charge in [-0.25, -0.2) is 0 Å². The monoisotopic (exact) mass is 282 g/mol. The average molecular weight is 282 g/mol. The van der Waals surface area contributed by atoms with Crippen molar-refractivity contribution in [2.45, 2.75) is 65.0 Å². The van der Waals surface area contributed by atoms with Crippen molar-refractivity contribution >= 4 is 0 Å². The molecule has 1 N–H and O–H groups in total. The number of hydrogen-bond donors (Lipinski definition) is 1. The van der Waals surface area contributed by atoms with E-state index in [0.29, 0.717) is 0 Å². The Morgan fingerprint density at radius 3 is 2.80 bits per heavy atom. The lowest BCUT2D eigenvalue weighted by Crippen LogP contribution is -2.52. The van der Waals surface area contributed by atoms with Gasteiger partial charge in [0.05, 0.1) is 12.2 Å². The maximum Gasteiger partial charge on any atom is 0.0753 e. The normalized spacial score (nSPS) is 35.1. The number of ether oxygens (including phenoxy) is 1. The van der Waals surface area contributed by atoms with Crippen molar-refractivity contribution in [2.24, 2.45) is 11.8 Å². The first-order chi connectivity index (χ1) is 9.50. The van der Waals surface area contributed by atoms with E-state index in [1.54, 1.807) is 0 Å². The molecule has 2 rings (SSSR count). The van der Waals surface area contributed by atoms with Gasteiger partial charge in [0, 0.05) is 25.7 Å². The van der Waals surface area contributed by atoms with E-state index in [-0.39, 0.29) is 5.60 Å². The van der Waals surface area contributed by atoms with Crippen LogP contribution in [-0.2, 0) is 4.74 Å². The lowest BCUT2D eigenvalue weighted by molar-refractivity contribution is -0.0912. The van der Waals surface area contributed by atoms with E-state index in [0.717, 1.165) is 37.6 Å². The maximum absolute atomic E-state index is 5.84. The van der Waals surface area contributed by atoms with E-state index in [1.807, 2.05) is 0 Å². The third kappa shape index (κ3) is 4.71. The van der Waals surface area contributed by atoms with Crippen LogP contribution in [0.1, 0.15) is 53.4 Å². The standard InChI is InChI=1S/C17H34N2O/c1-5-8-18-16-7-6-14(2)11-15(16)12-19-9-10-20-17(3,4)13-19/h14-16,18H,5-13H2,1-4H3. The van der Waals surface area contributed by atoms with Crippen LogP contribution in [0.25, 0.3) is 0 Å². The van der Waals surface area contributed by atoms with Crippen molar-refractivity contribution < 1.29 is 4.74 Å². The molecule has 0 aromatic heterocycles. The van der Waals surface area contributed by atoms with Crippen LogP contribution in [0.3, 0.4) is 0 Å². The molecule has 0 radical (unpaired) electrons. The molecule has 3 unspecified atom stereocenters. The lowest BCUT2D eigenvalue weighted by Gasteiger charge is -2.43. The Hall–Kier alpha value is -0.120. The number of hydrogen-bond acceptors (Lipinski definition) is 3. The molecule has 3 heteroatoms. The molecule has 2 fully saturated rings. The highest BCUT2D eigenvalue weighted by molar-refractivity contribution is 4.88. The van der Waals surface area contributed by atoms with Gasteiger partial charge in [-0.1, -0.05) is 13.8 Å². The summed E-state index contributed by atoms with van der Waals surface area (Å²) in [6, 6.07) is 0.733. The summed E-state index contributed by atoms with van der Waals surface area (Å²) in [6.07, 6.45) is 5.38. The minimum atomic E-state index is 0.0326. The van der Waals surface area contributed by atoms with Crippen LogP contribution in [0.2, 0.25) is 0 Å². The molecule has 0 amide bonds. The van der Waals surface area contributed by atoms with E-state index in [9.17, 15) is 0 Å². The number of rotatable bonds is 5. The minimum absolute atomic E-state index is 0.0326.